The predicted molar refractivity (Wildman–Crippen MR) is 108 cm³/mol. The van der Waals surface area contributed by atoms with Crippen molar-refractivity contribution in [1.29, 1.82) is 0 Å². The Bertz CT molecular complexity index is 1090. The third kappa shape index (κ3) is 3.80. The maximum Gasteiger partial charge on any atom is 0.257 e. The third-order valence-corrected chi connectivity index (χ3v) is 7.08. The van der Waals surface area contributed by atoms with Crippen molar-refractivity contribution in [2.24, 2.45) is 4.40 Å². The summed E-state index contributed by atoms with van der Waals surface area (Å²) in [6.45, 7) is 0.637. The Morgan fingerprint density at radius 1 is 1.22 bits per heavy atom. The smallest absolute Gasteiger partial charge is 0.257 e. The molecule has 2 heterocycles. The summed E-state index contributed by atoms with van der Waals surface area (Å²) < 4.78 is 27.2. The van der Waals surface area contributed by atoms with Crippen molar-refractivity contribution < 1.29 is 13.2 Å². The van der Waals surface area contributed by atoms with E-state index in [2.05, 4.69) is 9.71 Å². The van der Waals surface area contributed by atoms with Crippen LogP contribution < -0.4 is 10.2 Å². The molecule has 0 unspecified atom stereocenters. The summed E-state index contributed by atoms with van der Waals surface area (Å²) in [5.74, 6) is -0.260. The quantitative estimate of drug-likeness (QED) is 0.787. The molecule has 0 saturated heterocycles. The van der Waals surface area contributed by atoms with E-state index in [0.29, 0.717) is 27.3 Å². The number of sulfonamides is 1. The second kappa shape index (κ2) is 7.01. The molecule has 6 nitrogen and oxygen atoms in total. The standard InChI is InChI=1S/C17H13Cl2N3O3S2/c18-12-3-1-11(13(19)8-12)9-20-16(23)10-2-4-14-15(7-10)26-17-21-27(24,25)6-5-22(14)17/h1-4,7-8H,5-6,9H2,(H,20,23). The lowest BCUT2D eigenvalue weighted by atomic mass is 10.1. The monoisotopic (exact) mass is 441 g/mol. The molecule has 0 bridgehead atoms. The number of rotatable bonds is 3. The minimum absolute atomic E-state index is 0.0133. The number of hydrogen-bond donors (Lipinski definition) is 1. The van der Waals surface area contributed by atoms with Crippen LogP contribution in [0.25, 0.3) is 0 Å². The fourth-order valence-corrected chi connectivity index (χ4v) is 5.59. The number of hydrogen-bond acceptors (Lipinski definition) is 5. The third-order valence-electron chi connectivity index (χ3n) is 4.19. The molecule has 0 saturated carbocycles. The second-order valence-corrected chi connectivity index (χ2v) is 9.62. The lowest BCUT2D eigenvalue weighted by molar-refractivity contribution is 0.0950. The van der Waals surface area contributed by atoms with Gasteiger partial charge in [-0.3, -0.25) is 4.79 Å². The van der Waals surface area contributed by atoms with Crippen LogP contribution in [0, 0.1) is 0 Å². The molecule has 2 aliphatic rings. The molecule has 10 heteroatoms. The number of carbonyl (C=O) groups is 1. The van der Waals surface area contributed by atoms with Gasteiger partial charge in [0, 0.05) is 33.6 Å². The summed E-state index contributed by atoms with van der Waals surface area (Å²) in [5.41, 5.74) is 2.11. The van der Waals surface area contributed by atoms with E-state index in [4.69, 9.17) is 23.2 Å². The number of nitrogens with zero attached hydrogens (tertiary/aromatic N) is 2. The zero-order valence-corrected chi connectivity index (χ0v) is 16.9. The minimum atomic E-state index is -3.40. The van der Waals surface area contributed by atoms with Crippen molar-refractivity contribution >= 4 is 61.7 Å². The number of amides is 1. The maximum atomic E-state index is 12.5. The topological polar surface area (TPSA) is 78.8 Å². The molecule has 0 aliphatic carbocycles. The van der Waals surface area contributed by atoms with Gasteiger partial charge < -0.3 is 10.2 Å². The number of carbonyl (C=O) groups excluding carboxylic acids is 1. The highest BCUT2D eigenvalue weighted by molar-refractivity contribution is 8.15. The van der Waals surface area contributed by atoms with Crippen molar-refractivity contribution in [3.05, 3.63) is 57.6 Å². The van der Waals surface area contributed by atoms with Crippen molar-refractivity contribution in [3.63, 3.8) is 0 Å². The molecule has 2 aromatic rings. The highest BCUT2D eigenvalue weighted by atomic mass is 35.5. The zero-order valence-electron chi connectivity index (χ0n) is 13.8. The SMILES string of the molecule is O=C(NCc1ccc(Cl)cc1Cl)c1ccc2c(c1)SC1=NS(=O)(=O)CCN12. The average Bonchev–Trinajstić information content (AvgIpc) is 2.95. The Labute approximate surface area is 170 Å². The molecule has 0 fully saturated rings. The summed E-state index contributed by atoms with van der Waals surface area (Å²) >= 11 is 13.2. The molecule has 0 radical (unpaired) electrons. The van der Waals surface area contributed by atoms with Gasteiger partial charge in [0.1, 0.15) is 0 Å². The van der Waals surface area contributed by atoms with E-state index in [9.17, 15) is 13.2 Å². The van der Waals surface area contributed by atoms with Crippen molar-refractivity contribution in [1.82, 2.24) is 5.32 Å². The van der Waals surface area contributed by atoms with Gasteiger partial charge in [-0.25, -0.2) is 8.42 Å². The number of amidine groups is 1. The lowest BCUT2D eigenvalue weighted by Crippen LogP contribution is -2.35. The van der Waals surface area contributed by atoms with E-state index < -0.39 is 10.0 Å². The highest BCUT2D eigenvalue weighted by Gasteiger charge is 2.33. The van der Waals surface area contributed by atoms with Gasteiger partial charge in [0.2, 0.25) is 0 Å². The Hall–Kier alpha value is -1.74. The van der Waals surface area contributed by atoms with Gasteiger partial charge in [-0.15, -0.1) is 4.40 Å². The number of benzene rings is 2. The highest BCUT2D eigenvalue weighted by Crippen LogP contribution is 2.42. The molecule has 0 aromatic heterocycles. The minimum Gasteiger partial charge on any atom is -0.348 e. The Kier molecular flexibility index (Phi) is 4.84. The normalized spacial score (nSPS) is 17.1. The van der Waals surface area contributed by atoms with E-state index in [0.717, 1.165) is 16.1 Å². The van der Waals surface area contributed by atoms with Crippen LogP contribution in [0.15, 0.2) is 45.7 Å². The number of anilines is 1. The first-order valence-electron chi connectivity index (χ1n) is 7.97. The van der Waals surface area contributed by atoms with E-state index >= 15 is 0 Å². The van der Waals surface area contributed by atoms with Crippen LogP contribution in [-0.2, 0) is 16.6 Å². The first-order chi connectivity index (χ1) is 12.8. The molecular formula is C17H13Cl2N3O3S2. The zero-order chi connectivity index (χ0) is 19.2. The number of thioether (sulfide) groups is 1. The second-order valence-electron chi connectivity index (χ2n) is 6.01. The molecule has 0 atom stereocenters. The van der Waals surface area contributed by atoms with E-state index in [1.807, 2.05) is 11.0 Å². The molecule has 140 valence electrons. The average molecular weight is 442 g/mol. The van der Waals surface area contributed by atoms with Crippen LogP contribution >= 0.6 is 35.0 Å². The van der Waals surface area contributed by atoms with Gasteiger partial charge in [-0.05, 0) is 47.7 Å². The van der Waals surface area contributed by atoms with Crippen molar-refractivity contribution in [3.8, 4) is 0 Å². The Morgan fingerprint density at radius 2 is 2.04 bits per heavy atom. The molecule has 1 N–H and O–H groups in total. The summed E-state index contributed by atoms with van der Waals surface area (Å²) in [6.07, 6.45) is 0. The van der Waals surface area contributed by atoms with Crippen LogP contribution in [0.4, 0.5) is 5.69 Å². The van der Waals surface area contributed by atoms with Crippen LogP contribution in [0.3, 0.4) is 0 Å². The molecular weight excluding hydrogens is 429 g/mol. The number of nitrogens with one attached hydrogen (secondary N) is 1. The van der Waals surface area contributed by atoms with Crippen LogP contribution in [0.5, 0.6) is 0 Å². The van der Waals surface area contributed by atoms with Crippen molar-refractivity contribution in [2.45, 2.75) is 11.4 Å². The first kappa shape index (κ1) is 18.6. The van der Waals surface area contributed by atoms with Gasteiger partial charge in [-0.1, -0.05) is 29.3 Å². The fourth-order valence-electron chi connectivity index (χ4n) is 2.81. The van der Waals surface area contributed by atoms with Gasteiger partial charge in [0.15, 0.2) is 5.17 Å². The molecule has 0 spiro atoms. The van der Waals surface area contributed by atoms with E-state index in [1.54, 1.807) is 30.3 Å². The molecule has 1 amide bonds. The lowest BCUT2D eigenvalue weighted by Gasteiger charge is -2.22. The van der Waals surface area contributed by atoms with Crippen LogP contribution in [0.1, 0.15) is 15.9 Å². The Morgan fingerprint density at radius 3 is 2.81 bits per heavy atom. The van der Waals surface area contributed by atoms with Crippen LogP contribution in [-0.4, -0.2) is 31.8 Å². The number of fused-ring (bicyclic) bond motifs is 3. The maximum absolute atomic E-state index is 12.5. The molecule has 4 rings (SSSR count). The van der Waals surface area contributed by atoms with E-state index in [-0.39, 0.29) is 18.2 Å². The number of halogens is 2. The van der Waals surface area contributed by atoms with Crippen LogP contribution in [0.2, 0.25) is 10.0 Å². The first-order valence-corrected chi connectivity index (χ1v) is 11.1. The summed E-state index contributed by atoms with van der Waals surface area (Å²) in [4.78, 5) is 15.2. The van der Waals surface area contributed by atoms with E-state index in [1.165, 1.54) is 11.8 Å². The van der Waals surface area contributed by atoms with Gasteiger partial charge in [-0.2, -0.15) is 0 Å². The predicted octanol–water partition coefficient (Wildman–Crippen LogP) is 3.53. The molecule has 2 aromatic carbocycles. The summed E-state index contributed by atoms with van der Waals surface area (Å²) in [5, 5.41) is 4.28. The van der Waals surface area contributed by atoms with Gasteiger partial charge in [0.05, 0.1) is 11.4 Å². The summed E-state index contributed by atoms with van der Waals surface area (Å²) in [6, 6.07) is 10.4. The fraction of sp³-hybridized carbons (Fsp3) is 0.176. The Balaban J connectivity index is 1.51. The van der Waals surface area contributed by atoms with Crippen molar-refractivity contribution in [2.75, 3.05) is 17.2 Å². The van der Waals surface area contributed by atoms with Gasteiger partial charge in [0.25, 0.3) is 15.9 Å². The molecule has 27 heavy (non-hydrogen) atoms. The largest absolute Gasteiger partial charge is 0.348 e. The summed E-state index contributed by atoms with van der Waals surface area (Å²) in [7, 11) is -3.40. The van der Waals surface area contributed by atoms with Gasteiger partial charge >= 0.3 is 0 Å². The molecule has 2 aliphatic heterocycles.